The van der Waals surface area contributed by atoms with Crippen LogP contribution in [0.5, 0.6) is 5.75 Å². The zero-order chi connectivity index (χ0) is 16.9. The molecule has 3 N–H and O–H groups in total. The predicted octanol–water partition coefficient (Wildman–Crippen LogP) is 0.250. The summed E-state index contributed by atoms with van der Waals surface area (Å²) < 4.78 is 6.86. The lowest BCUT2D eigenvalue weighted by Crippen LogP contribution is -2.34. The van der Waals surface area contributed by atoms with Gasteiger partial charge < -0.3 is 20.5 Å². The van der Waals surface area contributed by atoms with Crippen LogP contribution in [0.4, 0.5) is 0 Å². The Bertz CT molecular complexity index is 683. The second-order valence-electron chi connectivity index (χ2n) is 5.97. The number of hydrogen-bond acceptors (Lipinski definition) is 5. The Morgan fingerprint density at radius 3 is 2.88 bits per heavy atom. The van der Waals surface area contributed by atoms with Crippen molar-refractivity contribution in [1.82, 2.24) is 20.4 Å². The average Bonchev–Trinajstić information content (AvgIpc) is 3.22. The SMILES string of the molecule is COc1ccc(Cn2cc(C(=O)NCC3CNCC3O)cn2)cc1. The van der Waals surface area contributed by atoms with Gasteiger partial charge in [-0.1, -0.05) is 12.1 Å². The number of β-amino-alcohol motifs (C(OH)–C–C–N with tert-alkyl or cyclic N) is 1. The number of aliphatic hydroxyl groups excluding tert-OH is 1. The zero-order valence-electron chi connectivity index (χ0n) is 13.6. The summed E-state index contributed by atoms with van der Waals surface area (Å²) in [5, 5.41) is 19.9. The van der Waals surface area contributed by atoms with Crippen LogP contribution in [0.25, 0.3) is 0 Å². The molecule has 2 aromatic rings. The molecule has 1 amide bonds. The molecule has 2 heterocycles. The van der Waals surface area contributed by atoms with Gasteiger partial charge in [-0.05, 0) is 17.7 Å². The van der Waals surface area contributed by atoms with Crippen molar-refractivity contribution in [3.63, 3.8) is 0 Å². The van der Waals surface area contributed by atoms with Crippen LogP contribution in [0.1, 0.15) is 15.9 Å². The number of carbonyl (C=O) groups excluding carboxylic acids is 1. The van der Waals surface area contributed by atoms with E-state index in [1.807, 2.05) is 24.3 Å². The summed E-state index contributed by atoms with van der Waals surface area (Å²) in [5.74, 6) is 0.696. The molecular formula is C17H22N4O3. The van der Waals surface area contributed by atoms with Crippen LogP contribution in [-0.2, 0) is 6.54 Å². The lowest BCUT2D eigenvalue weighted by molar-refractivity contribution is 0.0927. The molecule has 0 bridgehead atoms. The first-order chi connectivity index (χ1) is 11.7. The van der Waals surface area contributed by atoms with Crippen molar-refractivity contribution in [3.8, 4) is 5.75 Å². The molecule has 0 radical (unpaired) electrons. The molecule has 128 valence electrons. The van der Waals surface area contributed by atoms with Gasteiger partial charge in [-0.25, -0.2) is 0 Å². The maximum Gasteiger partial charge on any atom is 0.254 e. The zero-order valence-corrected chi connectivity index (χ0v) is 13.6. The van der Waals surface area contributed by atoms with Crippen molar-refractivity contribution >= 4 is 5.91 Å². The summed E-state index contributed by atoms with van der Waals surface area (Å²) in [6.45, 7) is 2.34. The number of aromatic nitrogens is 2. The number of nitrogens with zero attached hydrogens (tertiary/aromatic N) is 2. The van der Waals surface area contributed by atoms with Gasteiger partial charge in [0.2, 0.25) is 0 Å². The summed E-state index contributed by atoms with van der Waals surface area (Å²) in [4.78, 5) is 12.2. The molecule has 1 aliphatic rings. The molecular weight excluding hydrogens is 308 g/mol. The molecule has 3 rings (SSSR count). The fourth-order valence-corrected chi connectivity index (χ4v) is 2.74. The third kappa shape index (κ3) is 3.93. The topological polar surface area (TPSA) is 88.4 Å². The van der Waals surface area contributed by atoms with E-state index in [1.165, 1.54) is 0 Å². The number of benzene rings is 1. The van der Waals surface area contributed by atoms with Gasteiger partial charge in [0.1, 0.15) is 5.75 Å². The van der Waals surface area contributed by atoms with E-state index in [0.29, 0.717) is 25.2 Å². The van der Waals surface area contributed by atoms with Gasteiger partial charge in [0.15, 0.2) is 0 Å². The van der Waals surface area contributed by atoms with Crippen molar-refractivity contribution in [2.24, 2.45) is 5.92 Å². The molecule has 0 saturated carbocycles. The first-order valence-corrected chi connectivity index (χ1v) is 7.98. The second-order valence-corrected chi connectivity index (χ2v) is 5.97. The van der Waals surface area contributed by atoms with Gasteiger partial charge in [0, 0.05) is 31.7 Å². The van der Waals surface area contributed by atoms with Gasteiger partial charge in [0.05, 0.1) is 31.5 Å². The quantitative estimate of drug-likeness (QED) is 0.707. The predicted molar refractivity (Wildman–Crippen MR) is 89.0 cm³/mol. The summed E-state index contributed by atoms with van der Waals surface area (Å²) >= 11 is 0. The van der Waals surface area contributed by atoms with Gasteiger partial charge in [-0.15, -0.1) is 0 Å². The average molecular weight is 330 g/mol. The number of carbonyl (C=O) groups is 1. The van der Waals surface area contributed by atoms with E-state index < -0.39 is 6.10 Å². The molecule has 7 nitrogen and oxygen atoms in total. The Morgan fingerprint density at radius 2 is 2.21 bits per heavy atom. The monoisotopic (exact) mass is 330 g/mol. The summed E-state index contributed by atoms with van der Waals surface area (Å²) in [5.41, 5.74) is 1.59. The molecule has 1 aliphatic heterocycles. The Balaban J connectivity index is 1.54. The number of hydrogen-bond donors (Lipinski definition) is 3. The largest absolute Gasteiger partial charge is 0.497 e. The van der Waals surface area contributed by atoms with Crippen LogP contribution in [0.15, 0.2) is 36.7 Å². The fourth-order valence-electron chi connectivity index (χ4n) is 2.74. The van der Waals surface area contributed by atoms with E-state index in [2.05, 4.69) is 15.7 Å². The highest BCUT2D eigenvalue weighted by Crippen LogP contribution is 2.12. The highest BCUT2D eigenvalue weighted by Gasteiger charge is 2.25. The number of aliphatic hydroxyl groups is 1. The van der Waals surface area contributed by atoms with Crippen molar-refractivity contribution < 1.29 is 14.6 Å². The number of amides is 1. The molecule has 1 aromatic carbocycles. The minimum absolute atomic E-state index is 0.0586. The number of nitrogens with one attached hydrogen (secondary N) is 2. The second kappa shape index (κ2) is 7.46. The van der Waals surface area contributed by atoms with Crippen LogP contribution in [0.2, 0.25) is 0 Å². The molecule has 1 aromatic heterocycles. The molecule has 24 heavy (non-hydrogen) atoms. The van der Waals surface area contributed by atoms with Crippen LogP contribution in [0.3, 0.4) is 0 Å². The molecule has 0 spiro atoms. The first kappa shape index (κ1) is 16.5. The van der Waals surface area contributed by atoms with E-state index in [-0.39, 0.29) is 11.8 Å². The van der Waals surface area contributed by atoms with Crippen LogP contribution in [-0.4, -0.2) is 53.6 Å². The minimum Gasteiger partial charge on any atom is -0.497 e. The summed E-state index contributed by atoms with van der Waals surface area (Å²) in [6.07, 6.45) is 2.88. The number of methoxy groups -OCH3 is 1. The first-order valence-electron chi connectivity index (χ1n) is 7.98. The summed E-state index contributed by atoms with van der Waals surface area (Å²) in [7, 11) is 1.63. The maximum atomic E-state index is 12.2. The van der Waals surface area contributed by atoms with E-state index in [9.17, 15) is 9.90 Å². The number of rotatable bonds is 6. The fraction of sp³-hybridized carbons (Fsp3) is 0.412. The highest BCUT2D eigenvalue weighted by molar-refractivity contribution is 5.93. The van der Waals surface area contributed by atoms with E-state index in [4.69, 9.17) is 4.74 Å². The Hall–Kier alpha value is -2.38. The van der Waals surface area contributed by atoms with Crippen LogP contribution in [0, 0.1) is 5.92 Å². The van der Waals surface area contributed by atoms with Gasteiger partial charge in [-0.2, -0.15) is 5.10 Å². The Labute approximate surface area is 140 Å². The lowest BCUT2D eigenvalue weighted by Gasteiger charge is -2.13. The van der Waals surface area contributed by atoms with E-state index in [1.54, 1.807) is 24.2 Å². The minimum atomic E-state index is -0.400. The molecule has 0 aliphatic carbocycles. The van der Waals surface area contributed by atoms with Crippen molar-refractivity contribution in [1.29, 1.82) is 0 Å². The number of ether oxygens (including phenoxy) is 1. The smallest absolute Gasteiger partial charge is 0.254 e. The molecule has 1 fully saturated rings. The normalized spacial score (nSPS) is 20.1. The molecule has 2 atom stereocenters. The highest BCUT2D eigenvalue weighted by atomic mass is 16.5. The molecule has 2 unspecified atom stereocenters. The maximum absolute atomic E-state index is 12.2. The van der Waals surface area contributed by atoms with E-state index >= 15 is 0 Å². The third-order valence-corrected chi connectivity index (χ3v) is 4.23. The lowest BCUT2D eigenvalue weighted by atomic mass is 10.1. The third-order valence-electron chi connectivity index (χ3n) is 4.23. The van der Waals surface area contributed by atoms with Crippen molar-refractivity contribution in [3.05, 3.63) is 47.8 Å². The van der Waals surface area contributed by atoms with Gasteiger partial charge in [-0.3, -0.25) is 9.48 Å². The van der Waals surface area contributed by atoms with E-state index in [0.717, 1.165) is 17.9 Å². The van der Waals surface area contributed by atoms with Gasteiger partial charge >= 0.3 is 0 Å². The van der Waals surface area contributed by atoms with Crippen LogP contribution >= 0.6 is 0 Å². The standard InChI is InChI=1S/C17H22N4O3/c1-24-15-4-2-12(3-5-15)10-21-11-14(8-20-21)17(23)19-7-13-6-18-9-16(13)22/h2-5,8,11,13,16,18,22H,6-7,9-10H2,1H3,(H,19,23). The van der Waals surface area contributed by atoms with Crippen LogP contribution < -0.4 is 15.4 Å². The molecule has 1 saturated heterocycles. The van der Waals surface area contributed by atoms with Crippen molar-refractivity contribution in [2.75, 3.05) is 26.7 Å². The summed E-state index contributed by atoms with van der Waals surface area (Å²) in [6, 6.07) is 7.73. The molecule has 7 heteroatoms. The Morgan fingerprint density at radius 1 is 1.42 bits per heavy atom. The Kier molecular flexibility index (Phi) is 5.12. The van der Waals surface area contributed by atoms with Crippen molar-refractivity contribution in [2.45, 2.75) is 12.6 Å². The van der Waals surface area contributed by atoms with Gasteiger partial charge in [0.25, 0.3) is 5.91 Å².